The highest BCUT2D eigenvalue weighted by Gasteiger charge is 2.28. The molecule has 0 saturated carbocycles. The molecule has 0 unspecified atom stereocenters. The molecule has 0 fully saturated rings. The number of rotatable bonds is 7. The van der Waals surface area contributed by atoms with Crippen LogP contribution in [0.5, 0.6) is 34.5 Å². The molecular weight excluding hydrogens is 431 g/mol. The highest BCUT2D eigenvalue weighted by molar-refractivity contribution is 7.46. The van der Waals surface area contributed by atoms with Gasteiger partial charge in [0.15, 0.2) is 35.4 Å². The molecule has 0 saturated heterocycles. The molecule has 166 valence electrons. The van der Waals surface area contributed by atoms with Gasteiger partial charge in [0.1, 0.15) is 0 Å². The Balaban J connectivity index is 2.26. The molecule has 11 heteroatoms. The summed E-state index contributed by atoms with van der Waals surface area (Å²) < 4.78 is 43.2. The number of fused-ring (bicyclic) bond motifs is 1. The Bertz CT molecular complexity index is 1090. The van der Waals surface area contributed by atoms with Crippen molar-refractivity contribution in [1.82, 2.24) is 0 Å². The minimum Gasteiger partial charge on any atom is -0.493 e. The van der Waals surface area contributed by atoms with E-state index >= 15 is 0 Å². The van der Waals surface area contributed by atoms with Gasteiger partial charge in [0.25, 0.3) is 0 Å². The van der Waals surface area contributed by atoms with E-state index in [1.807, 2.05) is 0 Å². The number of ether oxygens (including phenoxy) is 5. The minimum atomic E-state index is -4.86. The van der Waals surface area contributed by atoms with E-state index in [1.165, 1.54) is 46.6 Å². The molecule has 1 aliphatic rings. The molecule has 3 rings (SSSR count). The third-order valence-corrected chi connectivity index (χ3v) is 4.87. The van der Waals surface area contributed by atoms with Crippen LogP contribution in [0.15, 0.2) is 30.3 Å². The van der Waals surface area contributed by atoms with E-state index in [0.29, 0.717) is 22.4 Å². The molecule has 0 radical (unpaired) electrons. The normalized spacial score (nSPS) is 13.4. The van der Waals surface area contributed by atoms with E-state index in [4.69, 9.17) is 28.2 Å². The number of carbonyl (C=O) groups is 1. The number of hydrogen-bond donors (Lipinski definition) is 2. The maximum atomic E-state index is 12.4. The molecular formula is C20H21O10P. The smallest absolute Gasteiger partial charge is 0.493 e. The fraction of sp³-hybridized carbons (Fsp3) is 0.250. The molecule has 0 amide bonds. The Morgan fingerprint density at radius 3 is 2.16 bits per heavy atom. The molecule has 2 aromatic carbocycles. The van der Waals surface area contributed by atoms with Crippen LogP contribution in [0.2, 0.25) is 0 Å². The monoisotopic (exact) mass is 452 g/mol. The summed E-state index contributed by atoms with van der Waals surface area (Å²) >= 11 is 0. The zero-order chi connectivity index (χ0) is 22.8. The highest BCUT2D eigenvalue weighted by atomic mass is 31.2. The van der Waals surface area contributed by atoms with Crippen LogP contribution < -0.4 is 28.2 Å². The molecule has 0 bridgehead atoms. The van der Waals surface area contributed by atoms with Crippen molar-refractivity contribution in [2.45, 2.75) is 0 Å². The first-order valence-corrected chi connectivity index (χ1v) is 10.4. The second-order valence-electron chi connectivity index (χ2n) is 6.28. The number of ketones is 1. The third kappa shape index (κ3) is 4.61. The van der Waals surface area contributed by atoms with Crippen molar-refractivity contribution in [3.63, 3.8) is 0 Å². The first kappa shape index (κ1) is 22.5. The Kier molecular flexibility index (Phi) is 6.45. The number of benzene rings is 2. The van der Waals surface area contributed by atoms with Crippen LogP contribution in [0.25, 0.3) is 5.57 Å². The van der Waals surface area contributed by atoms with Crippen molar-refractivity contribution in [3.05, 3.63) is 41.5 Å². The summed E-state index contributed by atoms with van der Waals surface area (Å²) in [6.07, 6.45) is 1.36. The van der Waals surface area contributed by atoms with E-state index in [1.54, 1.807) is 12.1 Å². The summed E-state index contributed by atoms with van der Waals surface area (Å²) in [5, 5.41) is 0. The zero-order valence-corrected chi connectivity index (χ0v) is 18.1. The summed E-state index contributed by atoms with van der Waals surface area (Å²) in [5.74, 6) is 0.692. The molecule has 0 aliphatic carbocycles. The minimum absolute atomic E-state index is 0.106. The largest absolute Gasteiger partial charge is 0.524 e. The molecule has 0 aromatic heterocycles. The van der Waals surface area contributed by atoms with Crippen LogP contribution >= 0.6 is 7.82 Å². The second-order valence-corrected chi connectivity index (χ2v) is 7.45. The molecule has 0 atom stereocenters. The van der Waals surface area contributed by atoms with Gasteiger partial charge >= 0.3 is 7.82 Å². The predicted octanol–water partition coefficient (Wildman–Crippen LogP) is 2.59. The quantitative estimate of drug-likeness (QED) is 0.605. The Hall–Kier alpha value is -3.20. The summed E-state index contributed by atoms with van der Waals surface area (Å²) in [5.41, 5.74) is 1.27. The topological polar surface area (TPSA) is 130 Å². The van der Waals surface area contributed by atoms with E-state index in [9.17, 15) is 19.1 Å². The molecule has 2 aromatic rings. The van der Waals surface area contributed by atoms with Gasteiger partial charge in [-0.1, -0.05) is 6.07 Å². The average Bonchev–Trinajstić information content (AvgIpc) is 2.89. The van der Waals surface area contributed by atoms with Crippen molar-refractivity contribution in [2.75, 3.05) is 35.0 Å². The molecule has 10 nitrogen and oxygen atoms in total. The molecule has 0 spiro atoms. The van der Waals surface area contributed by atoms with Crippen molar-refractivity contribution >= 4 is 19.2 Å². The van der Waals surface area contributed by atoms with Crippen molar-refractivity contribution < 1.29 is 47.4 Å². The van der Waals surface area contributed by atoms with Gasteiger partial charge in [-0.2, -0.15) is 0 Å². The van der Waals surface area contributed by atoms with Crippen molar-refractivity contribution in [2.24, 2.45) is 0 Å². The van der Waals surface area contributed by atoms with Crippen LogP contribution in [0.3, 0.4) is 0 Å². The lowest BCUT2D eigenvalue weighted by atomic mass is 9.95. The first-order valence-electron chi connectivity index (χ1n) is 8.86. The first-order chi connectivity index (χ1) is 14.7. The molecule has 1 heterocycles. The highest BCUT2D eigenvalue weighted by Crippen LogP contribution is 2.51. The van der Waals surface area contributed by atoms with Gasteiger partial charge in [0, 0.05) is 5.56 Å². The number of phosphoric ester groups is 1. The number of hydrogen-bond acceptors (Lipinski definition) is 8. The summed E-state index contributed by atoms with van der Waals surface area (Å²) in [6.45, 7) is -0.246. The Morgan fingerprint density at radius 2 is 1.58 bits per heavy atom. The molecule has 1 aliphatic heterocycles. The maximum absolute atomic E-state index is 12.4. The Morgan fingerprint density at radius 1 is 0.903 bits per heavy atom. The van der Waals surface area contributed by atoms with E-state index in [-0.39, 0.29) is 41.1 Å². The van der Waals surface area contributed by atoms with Gasteiger partial charge in [-0.3, -0.25) is 14.6 Å². The molecule has 31 heavy (non-hydrogen) atoms. The van der Waals surface area contributed by atoms with Crippen molar-refractivity contribution in [3.8, 4) is 34.5 Å². The Labute approximate surface area is 178 Å². The fourth-order valence-corrected chi connectivity index (χ4v) is 3.58. The van der Waals surface area contributed by atoms with Crippen LogP contribution in [0.4, 0.5) is 0 Å². The van der Waals surface area contributed by atoms with Gasteiger partial charge in [-0.15, -0.1) is 0 Å². The number of carbonyl (C=O) groups excluding carboxylic acids is 1. The second kappa shape index (κ2) is 8.89. The van der Waals surface area contributed by atoms with Gasteiger partial charge in [-0.25, -0.2) is 4.57 Å². The van der Waals surface area contributed by atoms with Crippen LogP contribution in [0.1, 0.15) is 11.1 Å². The van der Waals surface area contributed by atoms with Crippen LogP contribution in [0, 0.1) is 0 Å². The average molecular weight is 452 g/mol. The predicted molar refractivity (Wildman–Crippen MR) is 109 cm³/mol. The van der Waals surface area contributed by atoms with Gasteiger partial charge < -0.3 is 28.2 Å². The lowest BCUT2D eigenvalue weighted by Gasteiger charge is -2.20. The fourth-order valence-electron chi connectivity index (χ4n) is 3.18. The standard InChI is InChI=1S/C20H21O10P/c1-25-15-6-5-11(7-16(15)30-31(22,23)24)13-8-12(21)10-29-18-14(13)9-17(26-2)19(27-3)20(18)28-4/h5-9H,10H2,1-4H3,(H2,22,23,24). The summed E-state index contributed by atoms with van der Waals surface area (Å²) in [4.78, 5) is 30.9. The summed E-state index contributed by atoms with van der Waals surface area (Å²) in [7, 11) is 0.802. The SMILES string of the molecule is COc1ccc(C2=CC(=O)COc3c2cc(OC)c(OC)c3OC)cc1OP(=O)(O)O. The number of phosphoric acid groups is 1. The van der Waals surface area contributed by atoms with E-state index in [2.05, 4.69) is 0 Å². The van der Waals surface area contributed by atoms with Gasteiger partial charge in [0.05, 0.1) is 28.4 Å². The van der Waals surface area contributed by atoms with Crippen LogP contribution in [-0.4, -0.2) is 50.6 Å². The van der Waals surface area contributed by atoms with Gasteiger partial charge in [0.2, 0.25) is 11.5 Å². The van der Waals surface area contributed by atoms with Crippen LogP contribution in [-0.2, 0) is 9.36 Å². The summed E-state index contributed by atoms with van der Waals surface area (Å²) in [6, 6.07) is 6.06. The number of methoxy groups -OCH3 is 4. The lowest BCUT2D eigenvalue weighted by molar-refractivity contribution is -0.116. The zero-order valence-electron chi connectivity index (χ0n) is 17.2. The molecule has 2 N–H and O–H groups in total. The van der Waals surface area contributed by atoms with E-state index < -0.39 is 7.82 Å². The van der Waals surface area contributed by atoms with Gasteiger partial charge in [-0.05, 0) is 35.4 Å². The third-order valence-electron chi connectivity index (χ3n) is 4.43. The lowest BCUT2D eigenvalue weighted by Crippen LogP contribution is -2.08. The van der Waals surface area contributed by atoms with Crippen molar-refractivity contribution in [1.29, 1.82) is 0 Å². The maximum Gasteiger partial charge on any atom is 0.524 e. The van der Waals surface area contributed by atoms with E-state index in [0.717, 1.165) is 0 Å².